The number of nitrogens with one attached hydrogen (secondary N) is 1. The Morgan fingerprint density at radius 1 is 1.00 bits per heavy atom. The minimum Gasteiger partial charge on any atom is -0.339 e. The third-order valence-electron chi connectivity index (χ3n) is 5.89. The van der Waals surface area contributed by atoms with E-state index in [1.54, 1.807) is 6.07 Å². The van der Waals surface area contributed by atoms with E-state index in [0.29, 0.717) is 11.8 Å². The van der Waals surface area contributed by atoms with Gasteiger partial charge in [-0.15, -0.1) is 0 Å². The number of halogens is 1. The maximum atomic E-state index is 14.7. The molecule has 1 amide bonds. The SMILES string of the molecule is Cc1ccc(-c2ccc(C(=O)N3CC[C@@H]4CNC[C@@H]4CC3)c(F)c2)cc1. The number of carbonyl (C=O) groups is 1. The Morgan fingerprint density at radius 2 is 1.62 bits per heavy atom. The summed E-state index contributed by atoms with van der Waals surface area (Å²) in [4.78, 5) is 14.7. The molecule has 0 bridgehead atoms. The van der Waals surface area contributed by atoms with Gasteiger partial charge in [0.15, 0.2) is 0 Å². The van der Waals surface area contributed by atoms with Crippen LogP contribution in [0, 0.1) is 24.6 Å². The van der Waals surface area contributed by atoms with Crippen molar-refractivity contribution in [2.24, 2.45) is 11.8 Å². The van der Waals surface area contributed by atoms with Crippen LogP contribution in [0.1, 0.15) is 28.8 Å². The highest BCUT2D eigenvalue weighted by molar-refractivity contribution is 5.95. The van der Waals surface area contributed by atoms with Gasteiger partial charge in [0.25, 0.3) is 5.91 Å². The molecule has 2 atom stereocenters. The molecule has 2 aliphatic rings. The number of likely N-dealkylation sites (tertiary alicyclic amines) is 1. The average Bonchev–Trinajstić information content (AvgIpc) is 3.00. The summed E-state index contributed by atoms with van der Waals surface area (Å²) in [6, 6.07) is 12.9. The van der Waals surface area contributed by atoms with Crippen molar-refractivity contribution < 1.29 is 9.18 Å². The molecule has 0 aromatic heterocycles. The molecule has 0 radical (unpaired) electrons. The van der Waals surface area contributed by atoms with Crippen molar-refractivity contribution in [3.05, 3.63) is 59.4 Å². The minimum atomic E-state index is -0.431. The third kappa shape index (κ3) is 3.38. The summed E-state index contributed by atoms with van der Waals surface area (Å²) in [6.45, 7) is 5.57. The molecule has 2 aliphatic heterocycles. The molecule has 2 fully saturated rings. The zero-order chi connectivity index (χ0) is 18.1. The van der Waals surface area contributed by atoms with E-state index < -0.39 is 5.82 Å². The Morgan fingerprint density at radius 3 is 2.23 bits per heavy atom. The standard InChI is InChI=1S/C22H25FN2O/c1-15-2-4-16(5-3-15)17-6-7-20(21(23)12-17)22(26)25-10-8-18-13-24-14-19(18)9-11-25/h2-7,12,18-19,24H,8-11,13-14H2,1H3/t18-,19+. The number of amides is 1. The molecule has 136 valence electrons. The molecule has 0 aliphatic carbocycles. The zero-order valence-electron chi connectivity index (χ0n) is 15.2. The normalized spacial score (nSPS) is 22.8. The molecule has 0 spiro atoms. The number of rotatable bonds is 2. The van der Waals surface area contributed by atoms with E-state index in [9.17, 15) is 9.18 Å². The van der Waals surface area contributed by atoms with E-state index in [1.165, 1.54) is 11.6 Å². The van der Waals surface area contributed by atoms with Crippen molar-refractivity contribution in [1.29, 1.82) is 0 Å². The first kappa shape index (κ1) is 17.2. The number of benzene rings is 2. The van der Waals surface area contributed by atoms with Crippen molar-refractivity contribution in [1.82, 2.24) is 10.2 Å². The second-order valence-electron chi connectivity index (χ2n) is 7.61. The highest BCUT2D eigenvalue weighted by Crippen LogP contribution is 2.28. The number of fused-ring (bicyclic) bond motifs is 1. The van der Waals surface area contributed by atoms with Gasteiger partial charge in [0, 0.05) is 13.1 Å². The maximum Gasteiger partial charge on any atom is 0.256 e. The Bertz CT molecular complexity index is 788. The first-order valence-electron chi connectivity index (χ1n) is 9.48. The average molecular weight is 352 g/mol. The fraction of sp³-hybridized carbons (Fsp3) is 0.409. The first-order valence-corrected chi connectivity index (χ1v) is 9.48. The molecule has 2 aromatic rings. The minimum absolute atomic E-state index is 0.175. The fourth-order valence-corrected chi connectivity index (χ4v) is 4.21. The summed E-state index contributed by atoms with van der Waals surface area (Å²) < 4.78 is 14.7. The van der Waals surface area contributed by atoms with Crippen LogP contribution in [-0.4, -0.2) is 37.0 Å². The van der Waals surface area contributed by atoms with Gasteiger partial charge < -0.3 is 10.2 Å². The van der Waals surface area contributed by atoms with Crippen LogP contribution in [0.2, 0.25) is 0 Å². The van der Waals surface area contributed by atoms with Crippen molar-refractivity contribution in [3.63, 3.8) is 0 Å². The summed E-state index contributed by atoms with van der Waals surface area (Å²) in [7, 11) is 0. The topological polar surface area (TPSA) is 32.3 Å². The predicted octanol–water partition coefficient (Wildman–Crippen LogP) is 3.87. The lowest BCUT2D eigenvalue weighted by molar-refractivity contribution is 0.0754. The summed E-state index contributed by atoms with van der Waals surface area (Å²) in [5.41, 5.74) is 3.12. The van der Waals surface area contributed by atoms with Gasteiger partial charge in [0.05, 0.1) is 5.56 Å². The van der Waals surface area contributed by atoms with Crippen LogP contribution in [0.5, 0.6) is 0 Å². The predicted molar refractivity (Wildman–Crippen MR) is 102 cm³/mol. The van der Waals surface area contributed by atoms with Crippen LogP contribution < -0.4 is 5.32 Å². The van der Waals surface area contributed by atoms with Crippen LogP contribution in [0.15, 0.2) is 42.5 Å². The molecule has 26 heavy (non-hydrogen) atoms. The molecule has 0 unspecified atom stereocenters. The summed E-state index contributed by atoms with van der Waals surface area (Å²) >= 11 is 0. The Kier molecular flexibility index (Phi) is 4.77. The molecule has 3 nitrogen and oxygen atoms in total. The van der Waals surface area contributed by atoms with Gasteiger partial charge in [-0.2, -0.15) is 0 Å². The lowest BCUT2D eigenvalue weighted by atomic mass is 9.92. The third-order valence-corrected chi connectivity index (χ3v) is 5.89. The number of hydrogen-bond acceptors (Lipinski definition) is 2. The van der Waals surface area contributed by atoms with Gasteiger partial charge in [0.2, 0.25) is 0 Å². The smallest absolute Gasteiger partial charge is 0.256 e. The second kappa shape index (κ2) is 7.20. The largest absolute Gasteiger partial charge is 0.339 e. The quantitative estimate of drug-likeness (QED) is 0.890. The number of aryl methyl sites for hydroxylation is 1. The Hall–Kier alpha value is -2.20. The Balaban J connectivity index is 1.52. The zero-order valence-corrected chi connectivity index (χ0v) is 15.2. The molecule has 4 heteroatoms. The van der Waals surface area contributed by atoms with Crippen LogP contribution in [-0.2, 0) is 0 Å². The summed E-state index contributed by atoms with van der Waals surface area (Å²) in [6.07, 6.45) is 2.01. The van der Waals surface area contributed by atoms with Crippen LogP contribution >= 0.6 is 0 Å². The highest BCUT2D eigenvalue weighted by atomic mass is 19.1. The molecular weight excluding hydrogens is 327 g/mol. The molecule has 2 saturated heterocycles. The number of carbonyl (C=O) groups excluding carboxylic acids is 1. The molecule has 2 aromatic carbocycles. The highest BCUT2D eigenvalue weighted by Gasteiger charge is 2.32. The van der Waals surface area contributed by atoms with Crippen LogP contribution in [0.25, 0.3) is 11.1 Å². The van der Waals surface area contributed by atoms with Gasteiger partial charge >= 0.3 is 0 Å². The van der Waals surface area contributed by atoms with E-state index in [4.69, 9.17) is 0 Å². The molecule has 1 N–H and O–H groups in total. The van der Waals surface area contributed by atoms with Crippen LogP contribution in [0.3, 0.4) is 0 Å². The van der Waals surface area contributed by atoms with Crippen molar-refractivity contribution in [2.45, 2.75) is 19.8 Å². The second-order valence-corrected chi connectivity index (χ2v) is 7.61. The first-order chi connectivity index (χ1) is 12.6. The monoisotopic (exact) mass is 352 g/mol. The maximum absolute atomic E-state index is 14.7. The van der Waals surface area contributed by atoms with Gasteiger partial charge in [-0.05, 0) is 68.0 Å². The molecule has 4 rings (SSSR count). The van der Waals surface area contributed by atoms with E-state index in [1.807, 2.05) is 42.2 Å². The van der Waals surface area contributed by atoms with Crippen molar-refractivity contribution in [3.8, 4) is 11.1 Å². The number of nitrogens with zero attached hydrogens (tertiary/aromatic N) is 1. The van der Waals surface area contributed by atoms with E-state index in [-0.39, 0.29) is 11.5 Å². The molecular formula is C22H25FN2O. The Labute approximate surface area is 154 Å². The number of hydrogen-bond donors (Lipinski definition) is 1. The lowest BCUT2D eigenvalue weighted by Crippen LogP contribution is -2.33. The lowest BCUT2D eigenvalue weighted by Gasteiger charge is -2.21. The van der Waals surface area contributed by atoms with E-state index in [0.717, 1.165) is 50.1 Å². The summed E-state index contributed by atoms with van der Waals surface area (Å²) in [5.74, 6) is 0.702. The van der Waals surface area contributed by atoms with Crippen LogP contribution in [0.4, 0.5) is 4.39 Å². The van der Waals surface area contributed by atoms with E-state index in [2.05, 4.69) is 5.32 Å². The van der Waals surface area contributed by atoms with Crippen molar-refractivity contribution >= 4 is 5.91 Å². The molecule has 2 heterocycles. The fourth-order valence-electron chi connectivity index (χ4n) is 4.21. The van der Waals surface area contributed by atoms with Crippen molar-refractivity contribution in [2.75, 3.05) is 26.2 Å². The summed E-state index contributed by atoms with van der Waals surface area (Å²) in [5, 5.41) is 3.44. The van der Waals surface area contributed by atoms with Gasteiger partial charge in [-0.25, -0.2) is 4.39 Å². The van der Waals surface area contributed by atoms with E-state index >= 15 is 0 Å². The van der Waals surface area contributed by atoms with Gasteiger partial charge in [0.1, 0.15) is 5.82 Å². The molecule has 0 saturated carbocycles. The van der Waals surface area contributed by atoms with Gasteiger partial charge in [-0.1, -0.05) is 35.9 Å². The van der Waals surface area contributed by atoms with Gasteiger partial charge in [-0.3, -0.25) is 4.79 Å².